The quantitative estimate of drug-likeness (QED) is 0.862. The summed E-state index contributed by atoms with van der Waals surface area (Å²) in [5, 5.41) is 3.04. The fraction of sp³-hybridized carbons (Fsp3) is 0.667. The first-order valence-electron chi connectivity index (χ1n) is 8.66. The molecule has 2 heterocycles. The Morgan fingerprint density at radius 3 is 2.50 bits per heavy atom. The number of nitrogens with zero attached hydrogens (tertiary/aromatic N) is 2. The first kappa shape index (κ1) is 18.5. The predicted octanol–water partition coefficient (Wildman–Crippen LogP) is 1.89. The van der Waals surface area contributed by atoms with E-state index in [1.807, 2.05) is 49.9 Å². The molecule has 1 aromatic rings. The molecule has 1 saturated heterocycles. The fourth-order valence-corrected chi connectivity index (χ4v) is 3.09. The molecule has 1 aliphatic rings. The van der Waals surface area contributed by atoms with Gasteiger partial charge in [-0.1, -0.05) is 13.8 Å². The van der Waals surface area contributed by atoms with E-state index in [9.17, 15) is 9.59 Å². The summed E-state index contributed by atoms with van der Waals surface area (Å²) in [5.74, 6) is 1.10. The van der Waals surface area contributed by atoms with Crippen LogP contribution in [-0.4, -0.2) is 55.3 Å². The molecule has 1 aliphatic heterocycles. The van der Waals surface area contributed by atoms with E-state index in [1.54, 1.807) is 6.26 Å². The van der Waals surface area contributed by atoms with E-state index in [4.69, 9.17) is 4.42 Å². The second-order valence-electron chi connectivity index (χ2n) is 6.99. The molecule has 6 heteroatoms. The van der Waals surface area contributed by atoms with Crippen molar-refractivity contribution in [2.45, 2.75) is 32.7 Å². The highest BCUT2D eigenvalue weighted by atomic mass is 16.3. The number of carbonyl (C=O) groups is 2. The van der Waals surface area contributed by atoms with Crippen LogP contribution in [0.25, 0.3) is 0 Å². The van der Waals surface area contributed by atoms with Gasteiger partial charge in [0.1, 0.15) is 5.76 Å². The van der Waals surface area contributed by atoms with Crippen molar-refractivity contribution >= 4 is 11.8 Å². The van der Waals surface area contributed by atoms with Gasteiger partial charge in [0.15, 0.2) is 0 Å². The molecule has 0 aliphatic carbocycles. The molecule has 2 rings (SSSR count). The lowest BCUT2D eigenvalue weighted by molar-refractivity contribution is -0.138. The molecule has 2 amide bonds. The molecule has 0 spiro atoms. The summed E-state index contributed by atoms with van der Waals surface area (Å²) in [4.78, 5) is 28.4. The molecule has 0 bridgehead atoms. The number of nitrogens with one attached hydrogen (secondary N) is 1. The highest BCUT2D eigenvalue weighted by Crippen LogP contribution is 2.21. The normalized spacial score (nSPS) is 17.3. The third kappa shape index (κ3) is 4.60. The first-order chi connectivity index (χ1) is 11.4. The average molecular weight is 335 g/mol. The van der Waals surface area contributed by atoms with Crippen LogP contribution in [0.3, 0.4) is 0 Å². The maximum absolute atomic E-state index is 12.4. The molecule has 1 fully saturated rings. The molecular weight excluding hydrogens is 306 g/mol. The fourth-order valence-electron chi connectivity index (χ4n) is 3.09. The van der Waals surface area contributed by atoms with E-state index in [0.29, 0.717) is 19.6 Å². The number of carbonyl (C=O) groups excluding carboxylic acids is 2. The predicted molar refractivity (Wildman–Crippen MR) is 92.3 cm³/mol. The van der Waals surface area contributed by atoms with Gasteiger partial charge in [-0.15, -0.1) is 0 Å². The topological polar surface area (TPSA) is 65.8 Å². The zero-order chi connectivity index (χ0) is 17.7. The number of hydrogen-bond donors (Lipinski definition) is 1. The molecular formula is C18H29N3O3. The van der Waals surface area contributed by atoms with Crippen LogP contribution in [0, 0.1) is 11.8 Å². The van der Waals surface area contributed by atoms with Gasteiger partial charge in [-0.3, -0.25) is 14.5 Å². The number of piperidine rings is 1. The van der Waals surface area contributed by atoms with Gasteiger partial charge >= 0.3 is 0 Å². The monoisotopic (exact) mass is 335 g/mol. The minimum atomic E-state index is -0.0133. The average Bonchev–Trinajstić information content (AvgIpc) is 3.08. The molecule has 6 nitrogen and oxygen atoms in total. The lowest BCUT2D eigenvalue weighted by atomic mass is 9.95. The van der Waals surface area contributed by atoms with Crippen molar-refractivity contribution in [1.82, 2.24) is 15.1 Å². The molecule has 0 saturated carbocycles. The zero-order valence-corrected chi connectivity index (χ0v) is 15.1. The molecule has 1 atom stereocenters. The van der Waals surface area contributed by atoms with E-state index >= 15 is 0 Å². The van der Waals surface area contributed by atoms with Gasteiger partial charge in [-0.2, -0.15) is 0 Å². The van der Waals surface area contributed by atoms with Gasteiger partial charge < -0.3 is 14.6 Å². The van der Waals surface area contributed by atoms with Crippen molar-refractivity contribution in [2.75, 3.05) is 33.7 Å². The number of likely N-dealkylation sites (N-methyl/N-ethyl adjacent to an activating group) is 1. The maximum atomic E-state index is 12.4. The van der Waals surface area contributed by atoms with Gasteiger partial charge in [-0.25, -0.2) is 0 Å². The number of furan rings is 1. The van der Waals surface area contributed by atoms with Gasteiger partial charge in [0.2, 0.25) is 11.8 Å². The number of likely N-dealkylation sites (tertiary alicyclic amines) is 1. The summed E-state index contributed by atoms with van der Waals surface area (Å²) < 4.78 is 5.46. The Hall–Kier alpha value is -1.82. The standard InChI is InChI=1S/C18H29N3O3/c1-13(2)18(23)21-9-7-14(8-10-21)17(22)19-12-15(20(3)4)16-6-5-11-24-16/h5-6,11,13-15H,7-10,12H2,1-4H3,(H,19,22). The number of hydrogen-bond acceptors (Lipinski definition) is 4. The Balaban J connectivity index is 1.82. The molecule has 0 radical (unpaired) electrons. The molecule has 24 heavy (non-hydrogen) atoms. The minimum absolute atomic E-state index is 0.0133. The van der Waals surface area contributed by atoms with Crippen LogP contribution in [0.5, 0.6) is 0 Å². The van der Waals surface area contributed by atoms with Crippen molar-refractivity contribution in [2.24, 2.45) is 11.8 Å². The lowest BCUT2D eigenvalue weighted by Gasteiger charge is -2.33. The van der Waals surface area contributed by atoms with Crippen molar-refractivity contribution < 1.29 is 14.0 Å². The molecule has 0 aromatic carbocycles. The van der Waals surface area contributed by atoms with Crippen LogP contribution in [0.2, 0.25) is 0 Å². The Bertz CT molecular complexity index is 532. The van der Waals surface area contributed by atoms with Gasteiger partial charge in [0, 0.05) is 31.5 Å². The Morgan fingerprint density at radius 1 is 1.33 bits per heavy atom. The Labute approximate surface area is 144 Å². The summed E-state index contributed by atoms with van der Waals surface area (Å²) in [6.45, 7) is 5.69. The summed E-state index contributed by atoms with van der Waals surface area (Å²) in [7, 11) is 3.94. The van der Waals surface area contributed by atoms with Crippen LogP contribution in [0.4, 0.5) is 0 Å². The molecule has 1 N–H and O–H groups in total. The maximum Gasteiger partial charge on any atom is 0.225 e. The SMILES string of the molecule is CC(C)C(=O)N1CCC(C(=O)NCC(c2ccco2)N(C)C)CC1. The highest BCUT2D eigenvalue weighted by Gasteiger charge is 2.28. The minimum Gasteiger partial charge on any atom is -0.468 e. The highest BCUT2D eigenvalue weighted by molar-refractivity contribution is 5.80. The summed E-state index contributed by atoms with van der Waals surface area (Å²) in [6.07, 6.45) is 3.12. The molecule has 1 unspecified atom stereocenters. The summed E-state index contributed by atoms with van der Waals surface area (Å²) in [6, 6.07) is 3.80. The second kappa shape index (κ2) is 8.33. The summed E-state index contributed by atoms with van der Waals surface area (Å²) in [5.41, 5.74) is 0. The van der Waals surface area contributed by atoms with E-state index in [0.717, 1.165) is 18.6 Å². The van der Waals surface area contributed by atoms with Crippen LogP contribution in [-0.2, 0) is 9.59 Å². The lowest BCUT2D eigenvalue weighted by Crippen LogP contribution is -2.45. The largest absolute Gasteiger partial charge is 0.468 e. The van der Waals surface area contributed by atoms with Gasteiger partial charge in [-0.05, 0) is 39.1 Å². The van der Waals surface area contributed by atoms with Crippen LogP contribution < -0.4 is 5.32 Å². The Kier molecular flexibility index (Phi) is 6.43. The number of rotatable bonds is 6. The zero-order valence-electron chi connectivity index (χ0n) is 15.1. The van der Waals surface area contributed by atoms with Crippen molar-refractivity contribution in [3.63, 3.8) is 0 Å². The van der Waals surface area contributed by atoms with E-state index in [-0.39, 0.29) is 29.7 Å². The molecule has 134 valence electrons. The van der Waals surface area contributed by atoms with Gasteiger partial charge in [0.25, 0.3) is 0 Å². The smallest absolute Gasteiger partial charge is 0.225 e. The summed E-state index contributed by atoms with van der Waals surface area (Å²) >= 11 is 0. The van der Waals surface area contributed by atoms with E-state index in [1.165, 1.54) is 0 Å². The Morgan fingerprint density at radius 2 is 2.00 bits per heavy atom. The number of amides is 2. The first-order valence-corrected chi connectivity index (χ1v) is 8.66. The van der Waals surface area contributed by atoms with Crippen LogP contribution in [0.1, 0.15) is 38.5 Å². The van der Waals surface area contributed by atoms with E-state index < -0.39 is 0 Å². The van der Waals surface area contributed by atoms with Crippen molar-refractivity contribution in [3.05, 3.63) is 24.2 Å². The second-order valence-corrected chi connectivity index (χ2v) is 6.99. The van der Waals surface area contributed by atoms with Crippen LogP contribution in [0.15, 0.2) is 22.8 Å². The van der Waals surface area contributed by atoms with Crippen molar-refractivity contribution in [1.29, 1.82) is 0 Å². The molecule has 1 aromatic heterocycles. The third-order valence-electron chi connectivity index (χ3n) is 4.64. The van der Waals surface area contributed by atoms with Crippen molar-refractivity contribution in [3.8, 4) is 0 Å². The van der Waals surface area contributed by atoms with E-state index in [2.05, 4.69) is 5.32 Å². The third-order valence-corrected chi connectivity index (χ3v) is 4.64. The van der Waals surface area contributed by atoms with Crippen LogP contribution >= 0.6 is 0 Å². The van der Waals surface area contributed by atoms with Gasteiger partial charge in [0.05, 0.1) is 12.3 Å².